The number of H-pyrrole nitrogens is 1. The zero-order valence-corrected chi connectivity index (χ0v) is 22.3. The number of carbonyl (C=O) groups is 3. The third-order valence-electron chi connectivity index (χ3n) is 7.35. The van der Waals surface area contributed by atoms with Crippen molar-refractivity contribution in [3.8, 4) is 11.8 Å². The monoisotopic (exact) mass is 568 g/mol. The van der Waals surface area contributed by atoms with E-state index in [-0.39, 0.29) is 32.0 Å². The number of nitrogens with one attached hydrogen (secondary N) is 1. The summed E-state index contributed by atoms with van der Waals surface area (Å²) in [6.45, 7) is 3.96. The Kier molecular flexibility index (Phi) is 8.57. The highest BCUT2D eigenvalue weighted by molar-refractivity contribution is 6.21. The normalized spacial score (nSPS) is 16.5. The lowest BCUT2D eigenvalue weighted by Crippen LogP contribution is -2.39. The van der Waals surface area contributed by atoms with E-state index in [1.807, 2.05) is 13.8 Å². The fourth-order valence-electron chi connectivity index (χ4n) is 5.63. The van der Waals surface area contributed by atoms with E-state index in [1.54, 1.807) is 48.5 Å². The van der Waals surface area contributed by atoms with E-state index in [1.165, 1.54) is 18.2 Å². The van der Waals surface area contributed by atoms with Crippen LogP contribution in [-0.4, -0.2) is 49.9 Å². The number of esters is 1. The van der Waals surface area contributed by atoms with Gasteiger partial charge in [-0.05, 0) is 77.9 Å². The van der Waals surface area contributed by atoms with Gasteiger partial charge in [0.25, 0.3) is 11.8 Å². The Morgan fingerprint density at radius 1 is 1.02 bits per heavy atom. The minimum absolute atomic E-state index is 0. The Labute approximate surface area is 242 Å². The zero-order chi connectivity index (χ0) is 29.1. The number of fused-ring (bicyclic) bond motifs is 3. The minimum atomic E-state index is -1.29. The maximum atomic E-state index is 14.8. The molecule has 2 amide bonds. The number of amides is 2. The van der Waals surface area contributed by atoms with Crippen molar-refractivity contribution in [1.82, 2.24) is 25.5 Å². The van der Waals surface area contributed by atoms with Crippen molar-refractivity contribution in [2.24, 2.45) is 0 Å². The molecule has 0 bridgehead atoms. The smallest absolute Gasteiger partial charge is 0.415 e. The van der Waals surface area contributed by atoms with Crippen molar-refractivity contribution >= 4 is 17.8 Å². The molecule has 1 aliphatic carbocycles. The summed E-state index contributed by atoms with van der Waals surface area (Å²) in [7, 11) is 0. The van der Waals surface area contributed by atoms with Crippen LogP contribution in [0.1, 0.15) is 76.5 Å². The molecule has 1 N–H and O–H groups in total. The first kappa shape index (κ1) is 29.7. The lowest BCUT2D eigenvalue weighted by Gasteiger charge is -2.35. The number of benzene rings is 3. The standard InChI is InChI=1S/C28H19FN6O4.C2H6.CH4/c29-18-9-7-16-5-6-17-8-10-19(39-24(36)15-30)14-23(17)28(22(16)13-18,27-31-33-34-32-27)11-12-35-25(37)20-3-1-2-4-21(20)26(35)38;1-2;/h1-4,7-10,13-14H,5-6,11-12H2,(H,31,32,33,34);1-2H3;1H4. The number of rotatable bonds is 5. The molecule has 1 aliphatic heterocycles. The molecule has 4 aromatic rings. The fourth-order valence-corrected chi connectivity index (χ4v) is 5.63. The van der Waals surface area contributed by atoms with E-state index in [2.05, 4.69) is 20.6 Å². The Hall–Kier alpha value is -5.24. The predicted octanol–water partition coefficient (Wildman–Crippen LogP) is 4.55. The third-order valence-corrected chi connectivity index (χ3v) is 7.35. The van der Waals surface area contributed by atoms with Gasteiger partial charge >= 0.3 is 5.97 Å². The van der Waals surface area contributed by atoms with Gasteiger partial charge in [0.1, 0.15) is 11.6 Å². The van der Waals surface area contributed by atoms with E-state index in [4.69, 9.17) is 10.00 Å². The summed E-state index contributed by atoms with van der Waals surface area (Å²) < 4.78 is 20.0. The third kappa shape index (κ3) is 4.92. The Bertz CT molecular complexity index is 1660. The maximum absolute atomic E-state index is 14.8. The Balaban J connectivity index is 0.00000132. The average molecular weight is 569 g/mol. The second-order valence-corrected chi connectivity index (χ2v) is 9.32. The molecule has 1 aromatic heterocycles. The number of nitrogens with zero attached hydrogens (tertiary/aromatic N) is 5. The number of tetrazole rings is 1. The van der Waals surface area contributed by atoms with Crippen LogP contribution in [0.4, 0.5) is 4.39 Å². The van der Waals surface area contributed by atoms with Crippen LogP contribution >= 0.6 is 0 Å². The number of aromatic nitrogens is 4. The van der Waals surface area contributed by atoms with Gasteiger partial charge in [-0.3, -0.25) is 14.5 Å². The highest BCUT2D eigenvalue weighted by Gasteiger charge is 2.46. The van der Waals surface area contributed by atoms with E-state index in [0.29, 0.717) is 35.1 Å². The van der Waals surface area contributed by atoms with E-state index < -0.39 is 29.0 Å². The molecule has 214 valence electrons. The summed E-state index contributed by atoms with van der Waals surface area (Å²) in [5, 5.41) is 23.8. The molecular formula is C31H29FN6O4. The largest absolute Gasteiger partial charge is 0.416 e. The van der Waals surface area contributed by atoms with Crippen molar-refractivity contribution in [2.75, 3.05) is 6.54 Å². The van der Waals surface area contributed by atoms with Crippen LogP contribution in [0.2, 0.25) is 0 Å². The van der Waals surface area contributed by atoms with Crippen LogP contribution in [0, 0.1) is 17.1 Å². The topological polar surface area (TPSA) is 142 Å². The summed E-state index contributed by atoms with van der Waals surface area (Å²) in [6.07, 6.45) is 1.21. The summed E-state index contributed by atoms with van der Waals surface area (Å²) in [5.74, 6) is -2.14. The number of carbonyl (C=O) groups excluding carboxylic acids is 3. The van der Waals surface area contributed by atoms with E-state index in [0.717, 1.165) is 16.0 Å². The van der Waals surface area contributed by atoms with Crippen LogP contribution in [0.5, 0.6) is 5.75 Å². The van der Waals surface area contributed by atoms with Gasteiger partial charge in [-0.25, -0.2) is 9.18 Å². The predicted molar refractivity (Wildman–Crippen MR) is 150 cm³/mol. The van der Waals surface area contributed by atoms with Gasteiger partial charge in [0, 0.05) is 6.54 Å². The van der Waals surface area contributed by atoms with Crippen molar-refractivity contribution in [1.29, 1.82) is 5.26 Å². The molecular weight excluding hydrogens is 539 g/mol. The number of nitriles is 1. The highest BCUT2D eigenvalue weighted by atomic mass is 19.1. The van der Waals surface area contributed by atoms with Gasteiger partial charge in [0.15, 0.2) is 11.9 Å². The molecule has 2 heterocycles. The molecule has 1 unspecified atom stereocenters. The molecule has 0 fully saturated rings. The van der Waals surface area contributed by atoms with Gasteiger partial charge < -0.3 is 4.74 Å². The van der Waals surface area contributed by atoms with Crippen LogP contribution in [-0.2, 0) is 23.1 Å². The van der Waals surface area contributed by atoms with Crippen molar-refractivity contribution in [3.05, 3.63) is 106 Å². The lowest BCUT2D eigenvalue weighted by atomic mass is 9.69. The molecule has 0 radical (unpaired) electrons. The molecule has 6 rings (SSSR count). The van der Waals surface area contributed by atoms with Crippen LogP contribution in [0.25, 0.3) is 0 Å². The van der Waals surface area contributed by atoms with Crippen molar-refractivity contribution < 1.29 is 23.5 Å². The Morgan fingerprint density at radius 3 is 2.24 bits per heavy atom. The molecule has 11 heteroatoms. The SMILES string of the molecule is C.CC.N#CC(=O)Oc1ccc2c(c1)C(CCN1C(=O)c3ccccc3C1=O)(c1nn[nH]n1)c1cc(F)ccc1CC2. The van der Waals surface area contributed by atoms with Gasteiger partial charge in [0.05, 0.1) is 16.5 Å². The Morgan fingerprint density at radius 2 is 1.64 bits per heavy atom. The second-order valence-electron chi connectivity index (χ2n) is 9.32. The van der Waals surface area contributed by atoms with Gasteiger partial charge in [-0.1, -0.05) is 50.8 Å². The van der Waals surface area contributed by atoms with E-state index >= 15 is 0 Å². The first-order chi connectivity index (χ1) is 19.9. The van der Waals surface area contributed by atoms with E-state index in [9.17, 15) is 18.8 Å². The van der Waals surface area contributed by atoms with Gasteiger partial charge in [-0.15, -0.1) is 10.2 Å². The molecule has 2 aliphatic rings. The molecule has 42 heavy (non-hydrogen) atoms. The van der Waals surface area contributed by atoms with Gasteiger partial charge in [0.2, 0.25) is 0 Å². The number of aryl methyl sites for hydroxylation is 2. The summed E-state index contributed by atoms with van der Waals surface area (Å²) in [5.41, 5.74) is 2.15. The lowest BCUT2D eigenvalue weighted by molar-refractivity contribution is -0.128. The second kappa shape index (κ2) is 12.1. The maximum Gasteiger partial charge on any atom is 0.416 e. The van der Waals surface area contributed by atoms with Crippen LogP contribution in [0.15, 0.2) is 60.7 Å². The number of ether oxygens (including phenoxy) is 1. The molecule has 0 saturated heterocycles. The zero-order valence-electron chi connectivity index (χ0n) is 22.3. The number of imide groups is 1. The average Bonchev–Trinajstić information content (AvgIpc) is 3.59. The first-order valence-corrected chi connectivity index (χ1v) is 13.2. The number of hydrogen-bond donors (Lipinski definition) is 1. The number of hydrogen-bond acceptors (Lipinski definition) is 8. The molecule has 10 nitrogen and oxygen atoms in total. The molecule has 3 aromatic carbocycles. The fraction of sp³-hybridized carbons (Fsp3) is 0.258. The summed E-state index contributed by atoms with van der Waals surface area (Å²) >= 11 is 0. The summed E-state index contributed by atoms with van der Waals surface area (Å²) in [6, 6.07) is 17.4. The van der Waals surface area contributed by atoms with Gasteiger partial charge in [-0.2, -0.15) is 10.5 Å². The van der Waals surface area contributed by atoms with Crippen molar-refractivity contribution in [2.45, 2.75) is 46.0 Å². The van der Waals surface area contributed by atoms with Crippen LogP contribution in [0.3, 0.4) is 0 Å². The van der Waals surface area contributed by atoms with Crippen LogP contribution < -0.4 is 4.74 Å². The summed E-state index contributed by atoms with van der Waals surface area (Å²) in [4.78, 5) is 39.3. The highest BCUT2D eigenvalue weighted by Crippen LogP contribution is 2.47. The first-order valence-electron chi connectivity index (χ1n) is 13.2. The molecule has 0 saturated carbocycles. The molecule has 0 spiro atoms. The van der Waals surface area contributed by atoms with Crippen molar-refractivity contribution in [3.63, 3.8) is 0 Å². The molecule has 1 atom stereocenters. The number of halogens is 1. The quantitative estimate of drug-likeness (QED) is 0.160. The number of aromatic amines is 1. The minimum Gasteiger partial charge on any atom is -0.415 e.